The van der Waals surface area contributed by atoms with Crippen molar-refractivity contribution < 1.29 is 9.90 Å². The third-order valence-electron chi connectivity index (χ3n) is 3.67. The van der Waals surface area contributed by atoms with Gasteiger partial charge in [-0.1, -0.05) is 18.2 Å². The fourth-order valence-corrected chi connectivity index (χ4v) is 2.17. The number of nitrogens with one attached hydrogen (secondary N) is 1. The molecule has 0 saturated heterocycles. The standard InChI is InChI=1S/C17H21N3O2/c1-13(15-6-4-9-18-12-15)20(2)17(22)19-10-8-14-5-3-7-16(21)11-14/h3-7,9,11-13,21H,8,10H2,1-2H3,(H,19,22)/t13-/m0/s1. The zero-order valence-electron chi connectivity index (χ0n) is 12.9. The van der Waals surface area contributed by atoms with Crippen LogP contribution in [0, 0.1) is 0 Å². The third-order valence-corrected chi connectivity index (χ3v) is 3.67. The lowest BCUT2D eigenvalue weighted by molar-refractivity contribution is 0.194. The van der Waals surface area contributed by atoms with E-state index in [9.17, 15) is 9.90 Å². The first kappa shape index (κ1) is 15.8. The van der Waals surface area contributed by atoms with Crippen molar-refractivity contribution in [2.45, 2.75) is 19.4 Å². The monoisotopic (exact) mass is 299 g/mol. The highest BCUT2D eigenvalue weighted by Crippen LogP contribution is 2.17. The number of phenolic OH excluding ortho intramolecular Hbond substituents is 1. The molecule has 5 heteroatoms. The van der Waals surface area contributed by atoms with Crippen LogP contribution >= 0.6 is 0 Å². The quantitative estimate of drug-likeness (QED) is 0.892. The van der Waals surface area contributed by atoms with Crippen LogP contribution in [0.4, 0.5) is 4.79 Å². The summed E-state index contributed by atoms with van der Waals surface area (Å²) in [5, 5.41) is 12.3. The molecular weight excluding hydrogens is 278 g/mol. The smallest absolute Gasteiger partial charge is 0.317 e. The Balaban J connectivity index is 1.84. The predicted molar refractivity (Wildman–Crippen MR) is 85.6 cm³/mol. The number of pyridine rings is 1. The van der Waals surface area contributed by atoms with Crippen LogP contribution < -0.4 is 5.32 Å². The molecule has 0 saturated carbocycles. The number of benzene rings is 1. The van der Waals surface area contributed by atoms with E-state index in [4.69, 9.17) is 0 Å². The van der Waals surface area contributed by atoms with Crippen molar-refractivity contribution in [1.29, 1.82) is 0 Å². The highest BCUT2D eigenvalue weighted by molar-refractivity contribution is 5.74. The fourth-order valence-electron chi connectivity index (χ4n) is 2.17. The summed E-state index contributed by atoms with van der Waals surface area (Å²) in [5.74, 6) is 0.242. The van der Waals surface area contributed by atoms with E-state index >= 15 is 0 Å². The maximum atomic E-state index is 12.2. The van der Waals surface area contributed by atoms with Gasteiger partial charge in [0.1, 0.15) is 5.75 Å². The van der Waals surface area contributed by atoms with Gasteiger partial charge in [0, 0.05) is 26.0 Å². The number of urea groups is 1. The SMILES string of the molecule is C[C@@H](c1cccnc1)N(C)C(=O)NCCc1cccc(O)c1. The van der Waals surface area contributed by atoms with Crippen LogP contribution in [0.15, 0.2) is 48.8 Å². The summed E-state index contributed by atoms with van der Waals surface area (Å²) in [4.78, 5) is 17.9. The second kappa shape index (κ2) is 7.45. The van der Waals surface area contributed by atoms with E-state index in [1.54, 1.807) is 42.5 Å². The van der Waals surface area contributed by atoms with Crippen LogP contribution in [0.25, 0.3) is 0 Å². The second-order valence-corrected chi connectivity index (χ2v) is 5.23. The maximum absolute atomic E-state index is 12.2. The molecule has 2 amide bonds. The van der Waals surface area contributed by atoms with Gasteiger partial charge in [-0.3, -0.25) is 4.98 Å². The van der Waals surface area contributed by atoms with Gasteiger partial charge in [-0.25, -0.2) is 4.79 Å². The Morgan fingerprint density at radius 2 is 2.18 bits per heavy atom. The minimum atomic E-state index is -0.128. The summed E-state index contributed by atoms with van der Waals surface area (Å²) in [6.07, 6.45) is 4.15. The minimum Gasteiger partial charge on any atom is -0.508 e. The number of carbonyl (C=O) groups is 1. The molecule has 1 heterocycles. The van der Waals surface area contributed by atoms with Crippen molar-refractivity contribution in [3.05, 3.63) is 59.9 Å². The number of phenols is 1. The van der Waals surface area contributed by atoms with Gasteiger partial charge < -0.3 is 15.3 Å². The van der Waals surface area contributed by atoms with Gasteiger partial charge >= 0.3 is 6.03 Å². The van der Waals surface area contributed by atoms with Crippen LogP contribution in [0.5, 0.6) is 5.75 Å². The van der Waals surface area contributed by atoms with Crippen LogP contribution in [0.2, 0.25) is 0 Å². The first-order chi connectivity index (χ1) is 10.6. The number of carbonyl (C=O) groups excluding carboxylic acids is 1. The normalized spacial score (nSPS) is 11.7. The van der Waals surface area contributed by atoms with Gasteiger partial charge in [-0.15, -0.1) is 0 Å². The molecular formula is C17H21N3O2. The van der Waals surface area contributed by atoms with Crippen molar-refractivity contribution in [2.75, 3.05) is 13.6 Å². The van der Waals surface area contributed by atoms with Crippen molar-refractivity contribution in [3.63, 3.8) is 0 Å². The molecule has 2 aromatic rings. The Morgan fingerprint density at radius 1 is 1.36 bits per heavy atom. The third kappa shape index (κ3) is 4.22. The molecule has 2 N–H and O–H groups in total. The predicted octanol–water partition coefficient (Wildman–Crippen LogP) is 2.73. The number of hydrogen-bond donors (Lipinski definition) is 2. The summed E-state index contributed by atoms with van der Waals surface area (Å²) >= 11 is 0. The maximum Gasteiger partial charge on any atom is 0.317 e. The summed E-state index contributed by atoms with van der Waals surface area (Å²) in [6.45, 7) is 2.48. The zero-order chi connectivity index (χ0) is 15.9. The molecule has 1 aromatic carbocycles. The number of hydrogen-bond acceptors (Lipinski definition) is 3. The lowest BCUT2D eigenvalue weighted by Crippen LogP contribution is -2.39. The van der Waals surface area contributed by atoms with Gasteiger partial charge in [0.15, 0.2) is 0 Å². The Morgan fingerprint density at radius 3 is 2.86 bits per heavy atom. The molecule has 5 nitrogen and oxygen atoms in total. The van der Waals surface area contributed by atoms with Crippen molar-refractivity contribution in [3.8, 4) is 5.75 Å². The number of aromatic nitrogens is 1. The summed E-state index contributed by atoms with van der Waals surface area (Å²) in [7, 11) is 1.77. The van der Waals surface area contributed by atoms with Crippen molar-refractivity contribution >= 4 is 6.03 Å². The summed E-state index contributed by atoms with van der Waals surface area (Å²) < 4.78 is 0. The molecule has 0 radical (unpaired) electrons. The molecule has 22 heavy (non-hydrogen) atoms. The summed E-state index contributed by atoms with van der Waals surface area (Å²) in [6, 6.07) is 10.7. The Hall–Kier alpha value is -2.56. The van der Waals surface area contributed by atoms with Crippen molar-refractivity contribution in [1.82, 2.24) is 15.2 Å². The van der Waals surface area contributed by atoms with Crippen LogP contribution in [-0.2, 0) is 6.42 Å². The molecule has 0 unspecified atom stereocenters. The summed E-state index contributed by atoms with van der Waals surface area (Å²) in [5.41, 5.74) is 1.98. The van der Waals surface area contributed by atoms with Gasteiger partial charge in [0.05, 0.1) is 6.04 Å². The van der Waals surface area contributed by atoms with E-state index in [2.05, 4.69) is 10.3 Å². The largest absolute Gasteiger partial charge is 0.508 e. The van der Waals surface area contributed by atoms with Crippen LogP contribution in [0.1, 0.15) is 24.1 Å². The van der Waals surface area contributed by atoms with E-state index in [1.807, 2.05) is 25.1 Å². The molecule has 0 aliphatic heterocycles. The van der Waals surface area contributed by atoms with Gasteiger partial charge in [0.25, 0.3) is 0 Å². The van der Waals surface area contributed by atoms with Gasteiger partial charge in [0.2, 0.25) is 0 Å². The molecule has 2 rings (SSSR count). The van der Waals surface area contributed by atoms with E-state index in [0.717, 1.165) is 11.1 Å². The number of amides is 2. The van der Waals surface area contributed by atoms with E-state index in [0.29, 0.717) is 13.0 Å². The van der Waals surface area contributed by atoms with E-state index in [-0.39, 0.29) is 17.8 Å². The van der Waals surface area contributed by atoms with Gasteiger partial charge in [-0.2, -0.15) is 0 Å². The van der Waals surface area contributed by atoms with Crippen LogP contribution in [-0.4, -0.2) is 34.6 Å². The highest BCUT2D eigenvalue weighted by atomic mass is 16.3. The molecule has 0 fully saturated rings. The average Bonchev–Trinajstić information content (AvgIpc) is 2.54. The lowest BCUT2D eigenvalue weighted by atomic mass is 10.1. The topological polar surface area (TPSA) is 65.5 Å². The van der Waals surface area contributed by atoms with Crippen LogP contribution in [0.3, 0.4) is 0 Å². The molecule has 1 aromatic heterocycles. The molecule has 0 spiro atoms. The minimum absolute atomic E-state index is 0.0468. The lowest BCUT2D eigenvalue weighted by Gasteiger charge is -2.25. The Labute approximate surface area is 130 Å². The first-order valence-corrected chi connectivity index (χ1v) is 7.26. The Bertz CT molecular complexity index is 616. The van der Waals surface area contributed by atoms with E-state index < -0.39 is 0 Å². The van der Waals surface area contributed by atoms with Crippen molar-refractivity contribution in [2.24, 2.45) is 0 Å². The zero-order valence-corrected chi connectivity index (χ0v) is 12.9. The Kier molecular flexibility index (Phi) is 5.36. The number of aromatic hydroxyl groups is 1. The first-order valence-electron chi connectivity index (χ1n) is 7.26. The average molecular weight is 299 g/mol. The molecule has 0 bridgehead atoms. The molecule has 0 aliphatic rings. The highest BCUT2D eigenvalue weighted by Gasteiger charge is 2.16. The van der Waals surface area contributed by atoms with Gasteiger partial charge in [-0.05, 0) is 42.7 Å². The number of nitrogens with zero attached hydrogens (tertiary/aromatic N) is 2. The molecule has 116 valence electrons. The molecule has 1 atom stereocenters. The second-order valence-electron chi connectivity index (χ2n) is 5.23. The fraction of sp³-hybridized carbons (Fsp3) is 0.294. The van der Waals surface area contributed by atoms with E-state index in [1.165, 1.54) is 0 Å². The molecule has 0 aliphatic carbocycles. The number of rotatable bonds is 5.